The molecule has 8 heteroatoms. The molecule has 3 heterocycles. The Hall–Kier alpha value is -3.49. The summed E-state index contributed by atoms with van der Waals surface area (Å²) in [4.78, 5) is 25.7. The van der Waals surface area contributed by atoms with Crippen molar-refractivity contribution in [2.75, 3.05) is 32.1 Å². The zero-order chi connectivity index (χ0) is 23.5. The van der Waals surface area contributed by atoms with E-state index in [9.17, 15) is 9.90 Å². The molecule has 0 bridgehead atoms. The Balaban J connectivity index is 1.24. The molecule has 5 rings (SSSR count). The number of nitrogens with one attached hydrogen (secondary N) is 1. The molecule has 2 aliphatic heterocycles. The SMILES string of the molecule is COc1ccccc1Nc1cc(C(=O)N2CC[C@H](N3CCc4ccccc4C3)[C@@H](O)C2)ncn1. The first-order valence-corrected chi connectivity index (χ1v) is 11.6. The highest BCUT2D eigenvalue weighted by Crippen LogP contribution is 2.28. The second-order valence-corrected chi connectivity index (χ2v) is 8.78. The van der Waals surface area contributed by atoms with Gasteiger partial charge in [0.1, 0.15) is 23.6 Å². The number of carbonyl (C=O) groups excluding carboxylic acids is 1. The van der Waals surface area contributed by atoms with Gasteiger partial charge in [-0.3, -0.25) is 9.69 Å². The van der Waals surface area contributed by atoms with Gasteiger partial charge >= 0.3 is 0 Å². The second kappa shape index (κ2) is 9.79. The number of aliphatic hydroxyl groups is 1. The maximum Gasteiger partial charge on any atom is 0.272 e. The normalized spacial score (nSPS) is 20.5. The maximum atomic E-state index is 13.2. The predicted octanol–water partition coefficient (Wildman–Crippen LogP) is 2.86. The van der Waals surface area contributed by atoms with E-state index in [1.807, 2.05) is 24.3 Å². The smallest absolute Gasteiger partial charge is 0.272 e. The molecule has 0 aliphatic carbocycles. The van der Waals surface area contributed by atoms with Gasteiger partial charge < -0.3 is 20.1 Å². The summed E-state index contributed by atoms with van der Waals surface area (Å²) in [6, 6.07) is 17.7. The first-order chi connectivity index (χ1) is 16.6. The highest BCUT2D eigenvalue weighted by Gasteiger charge is 2.35. The van der Waals surface area contributed by atoms with Crippen LogP contribution in [0.15, 0.2) is 60.9 Å². The van der Waals surface area contributed by atoms with Crippen molar-refractivity contribution in [3.63, 3.8) is 0 Å². The van der Waals surface area contributed by atoms with Crippen LogP contribution in [0.1, 0.15) is 28.0 Å². The maximum absolute atomic E-state index is 13.2. The fourth-order valence-electron chi connectivity index (χ4n) is 4.92. The molecule has 0 radical (unpaired) electrons. The summed E-state index contributed by atoms with van der Waals surface area (Å²) >= 11 is 0. The van der Waals surface area contributed by atoms with Gasteiger partial charge in [0.25, 0.3) is 5.91 Å². The van der Waals surface area contributed by atoms with Crippen LogP contribution in [-0.4, -0.2) is 69.7 Å². The Bertz CT molecular complexity index is 1170. The fourth-order valence-corrected chi connectivity index (χ4v) is 4.92. The number of nitrogens with zero attached hydrogens (tertiary/aromatic N) is 4. The molecular weight excluding hydrogens is 430 g/mol. The number of fused-ring (bicyclic) bond motifs is 1. The van der Waals surface area contributed by atoms with Gasteiger partial charge in [-0.05, 0) is 36.1 Å². The summed E-state index contributed by atoms with van der Waals surface area (Å²) in [6.07, 6.45) is 2.49. The minimum absolute atomic E-state index is 0.0468. The molecule has 0 unspecified atom stereocenters. The van der Waals surface area contributed by atoms with E-state index in [1.165, 1.54) is 17.5 Å². The molecule has 1 amide bonds. The second-order valence-electron chi connectivity index (χ2n) is 8.78. The van der Waals surface area contributed by atoms with Crippen molar-refractivity contribution in [3.05, 3.63) is 77.7 Å². The first kappa shape index (κ1) is 22.3. The number of carbonyl (C=O) groups is 1. The summed E-state index contributed by atoms with van der Waals surface area (Å²) in [7, 11) is 1.60. The zero-order valence-corrected chi connectivity index (χ0v) is 19.2. The minimum Gasteiger partial charge on any atom is -0.495 e. The highest BCUT2D eigenvalue weighted by molar-refractivity contribution is 5.93. The van der Waals surface area contributed by atoms with Crippen molar-refractivity contribution in [2.45, 2.75) is 31.5 Å². The summed E-state index contributed by atoms with van der Waals surface area (Å²) in [5, 5.41) is 14.1. The molecule has 8 nitrogen and oxygen atoms in total. The number of benzene rings is 2. The van der Waals surface area contributed by atoms with Crippen LogP contribution in [0.25, 0.3) is 0 Å². The fraction of sp³-hybridized carbons (Fsp3) is 0.346. The Morgan fingerprint density at radius 2 is 1.88 bits per heavy atom. The molecule has 2 atom stereocenters. The molecule has 2 aliphatic rings. The van der Waals surface area contributed by atoms with Crippen LogP contribution in [0.3, 0.4) is 0 Å². The standard InChI is InChI=1S/C26H29N5O3/c1-34-24-9-5-4-8-20(24)29-25-14-21(27-17-28-25)26(33)31-13-11-22(23(32)16-31)30-12-10-18-6-2-3-7-19(18)15-30/h2-9,14,17,22-23,32H,10-13,15-16H2,1H3,(H,27,28,29)/t22-,23-/m0/s1. The van der Waals surface area contributed by atoms with E-state index in [0.29, 0.717) is 30.4 Å². The topological polar surface area (TPSA) is 90.8 Å². The Labute approximate surface area is 199 Å². The number of hydrogen-bond acceptors (Lipinski definition) is 7. The molecule has 1 saturated heterocycles. The molecule has 0 spiro atoms. The van der Waals surface area contributed by atoms with Gasteiger partial charge in [-0.15, -0.1) is 0 Å². The van der Waals surface area contributed by atoms with Gasteiger partial charge in [0.15, 0.2) is 0 Å². The molecule has 1 fully saturated rings. The van der Waals surface area contributed by atoms with Gasteiger partial charge in [-0.25, -0.2) is 9.97 Å². The zero-order valence-electron chi connectivity index (χ0n) is 19.2. The van der Waals surface area contributed by atoms with Crippen molar-refractivity contribution in [2.24, 2.45) is 0 Å². The van der Waals surface area contributed by atoms with E-state index >= 15 is 0 Å². The van der Waals surface area contributed by atoms with Crippen LogP contribution >= 0.6 is 0 Å². The molecule has 176 valence electrons. The number of aromatic nitrogens is 2. The lowest BCUT2D eigenvalue weighted by Crippen LogP contribution is -2.56. The van der Waals surface area contributed by atoms with Crippen molar-refractivity contribution < 1.29 is 14.6 Å². The van der Waals surface area contributed by atoms with E-state index in [1.54, 1.807) is 18.1 Å². The van der Waals surface area contributed by atoms with Crippen molar-refractivity contribution in [3.8, 4) is 5.75 Å². The third kappa shape index (κ3) is 4.60. The third-order valence-electron chi connectivity index (χ3n) is 6.72. The lowest BCUT2D eigenvalue weighted by Gasteiger charge is -2.43. The highest BCUT2D eigenvalue weighted by atomic mass is 16.5. The van der Waals surface area contributed by atoms with Gasteiger partial charge in [0.2, 0.25) is 0 Å². The number of ether oxygens (including phenoxy) is 1. The van der Waals surface area contributed by atoms with E-state index in [0.717, 1.165) is 31.6 Å². The average Bonchev–Trinajstić information content (AvgIpc) is 2.88. The number of hydrogen-bond donors (Lipinski definition) is 2. The number of β-amino-alcohol motifs (C(OH)–C–C–N with tert-alkyl or cyclic N) is 1. The van der Waals surface area contributed by atoms with Gasteiger partial charge in [0, 0.05) is 38.3 Å². The first-order valence-electron chi connectivity index (χ1n) is 11.6. The lowest BCUT2D eigenvalue weighted by atomic mass is 9.94. The number of para-hydroxylation sites is 2. The van der Waals surface area contributed by atoms with Crippen LogP contribution < -0.4 is 10.1 Å². The van der Waals surface area contributed by atoms with E-state index in [-0.39, 0.29) is 11.9 Å². The molecule has 2 N–H and O–H groups in total. The van der Waals surface area contributed by atoms with Crippen molar-refractivity contribution >= 4 is 17.4 Å². The Morgan fingerprint density at radius 1 is 1.09 bits per heavy atom. The monoisotopic (exact) mass is 459 g/mol. The van der Waals surface area contributed by atoms with E-state index in [2.05, 4.69) is 44.5 Å². The minimum atomic E-state index is -0.601. The summed E-state index contributed by atoms with van der Waals surface area (Å²) in [5.41, 5.74) is 3.77. The number of piperidine rings is 1. The number of aliphatic hydroxyl groups excluding tert-OH is 1. The lowest BCUT2D eigenvalue weighted by molar-refractivity contribution is -0.0139. The third-order valence-corrected chi connectivity index (χ3v) is 6.72. The number of amides is 1. The van der Waals surface area contributed by atoms with Gasteiger partial charge in [0.05, 0.1) is 18.9 Å². The van der Waals surface area contributed by atoms with Gasteiger partial charge in [-0.1, -0.05) is 36.4 Å². The molecular formula is C26H29N5O3. The largest absolute Gasteiger partial charge is 0.495 e. The quantitative estimate of drug-likeness (QED) is 0.606. The molecule has 2 aromatic carbocycles. The van der Waals surface area contributed by atoms with Crippen LogP contribution in [0, 0.1) is 0 Å². The Morgan fingerprint density at radius 3 is 2.71 bits per heavy atom. The summed E-state index contributed by atoms with van der Waals surface area (Å²) in [5.74, 6) is 0.983. The molecule has 1 aromatic heterocycles. The number of methoxy groups -OCH3 is 1. The van der Waals surface area contributed by atoms with Crippen LogP contribution in [-0.2, 0) is 13.0 Å². The number of likely N-dealkylation sites (tertiary alicyclic amines) is 1. The van der Waals surface area contributed by atoms with Crippen LogP contribution in [0.5, 0.6) is 5.75 Å². The molecule has 0 saturated carbocycles. The van der Waals surface area contributed by atoms with Gasteiger partial charge in [-0.2, -0.15) is 0 Å². The van der Waals surface area contributed by atoms with Crippen LogP contribution in [0.2, 0.25) is 0 Å². The Kier molecular flexibility index (Phi) is 6.42. The predicted molar refractivity (Wildman–Crippen MR) is 129 cm³/mol. The summed E-state index contributed by atoms with van der Waals surface area (Å²) in [6.45, 7) is 2.64. The van der Waals surface area contributed by atoms with E-state index < -0.39 is 6.10 Å². The average molecular weight is 460 g/mol. The molecule has 3 aromatic rings. The number of anilines is 2. The van der Waals surface area contributed by atoms with Crippen molar-refractivity contribution in [1.82, 2.24) is 19.8 Å². The van der Waals surface area contributed by atoms with E-state index in [4.69, 9.17) is 4.74 Å². The molecule has 34 heavy (non-hydrogen) atoms. The van der Waals surface area contributed by atoms with Crippen molar-refractivity contribution in [1.29, 1.82) is 0 Å². The summed E-state index contributed by atoms with van der Waals surface area (Å²) < 4.78 is 5.37. The van der Waals surface area contributed by atoms with Crippen LogP contribution in [0.4, 0.5) is 11.5 Å². The number of rotatable bonds is 5.